The van der Waals surface area contributed by atoms with E-state index in [0.29, 0.717) is 18.2 Å². The second kappa shape index (κ2) is 6.56. The molecule has 0 amide bonds. The summed E-state index contributed by atoms with van der Waals surface area (Å²) in [6.07, 6.45) is 0. The van der Waals surface area contributed by atoms with Crippen LogP contribution >= 0.6 is 11.6 Å². The van der Waals surface area contributed by atoms with Crippen LogP contribution in [0.5, 0.6) is 5.75 Å². The molecular weight excluding hydrogens is 222 g/mol. The molecular formula is C13H18ClNO. The maximum atomic E-state index is 5.70. The van der Waals surface area contributed by atoms with Gasteiger partial charge in [-0.25, -0.2) is 0 Å². The Morgan fingerprint density at radius 2 is 2.06 bits per heavy atom. The lowest BCUT2D eigenvalue weighted by Crippen LogP contribution is -2.19. The van der Waals surface area contributed by atoms with Crippen molar-refractivity contribution in [3.05, 3.63) is 41.4 Å². The van der Waals surface area contributed by atoms with Crippen molar-refractivity contribution in [3.8, 4) is 5.75 Å². The van der Waals surface area contributed by atoms with Crippen LogP contribution in [0.15, 0.2) is 35.9 Å². The molecule has 0 fully saturated rings. The van der Waals surface area contributed by atoms with Gasteiger partial charge in [0.05, 0.1) is 6.61 Å². The lowest BCUT2D eigenvalue weighted by Gasteiger charge is -2.14. The van der Waals surface area contributed by atoms with Crippen molar-refractivity contribution in [2.75, 3.05) is 13.2 Å². The van der Waals surface area contributed by atoms with Crippen LogP contribution < -0.4 is 10.1 Å². The van der Waals surface area contributed by atoms with Crippen molar-refractivity contribution in [2.24, 2.45) is 0 Å². The fourth-order valence-electron chi connectivity index (χ4n) is 1.40. The smallest absolute Gasteiger partial charge is 0.119 e. The third kappa shape index (κ3) is 4.25. The van der Waals surface area contributed by atoms with E-state index >= 15 is 0 Å². The molecule has 0 radical (unpaired) electrons. The first-order chi connectivity index (χ1) is 7.63. The maximum absolute atomic E-state index is 5.70. The number of benzene rings is 1. The van der Waals surface area contributed by atoms with Gasteiger partial charge in [-0.05, 0) is 31.5 Å². The second-order valence-corrected chi connectivity index (χ2v) is 4.16. The summed E-state index contributed by atoms with van der Waals surface area (Å²) < 4.78 is 5.38. The van der Waals surface area contributed by atoms with Gasteiger partial charge in [0.2, 0.25) is 0 Å². The second-order valence-electron chi connectivity index (χ2n) is 3.62. The van der Waals surface area contributed by atoms with E-state index in [9.17, 15) is 0 Å². The van der Waals surface area contributed by atoms with Gasteiger partial charge in [0.15, 0.2) is 0 Å². The molecule has 3 heteroatoms. The van der Waals surface area contributed by atoms with Gasteiger partial charge in [-0.3, -0.25) is 0 Å². The summed E-state index contributed by atoms with van der Waals surface area (Å²) in [7, 11) is 0. The number of halogens is 1. The summed E-state index contributed by atoms with van der Waals surface area (Å²) >= 11 is 5.70. The normalized spacial score (nSPS) is 12.2. The molecule has 0 aromatic heterocycles. The van der Waals surface area contributed by atoms with E-state index in [-0.39, 0.29) is 6.04 Å². The third-order valence-corrected chi connectivity index (χ3v) is 2.42. The van der Waals surface area contributed by atoms with Gasteiger partial charge in [0.1, 0.15) is 5.75 Å². The first-order valence-electron chi connectivity index (χ1n) is 5.43. The average Bonchev–Trinajstić information content (AvgIpc) is 2.27. The highest BCUT2D eigenvalue weighted by Gasteiger charge is 2.04. The Kier molecular flexibility index (Phi) is 5.36. The molecule has 1 N–H and O–H groups in total. The van der Waals surface area contributed by atoms with Crippen molar-refractivity contribution < 1.29 is 4.74 Å². The van der Waals surface area contributed by atoms with Crippen LogP contribution in [0.25, 0.3) is 0 Å². The minimum absolute atomic E-state index is 0.256. The van der Waals surface area contributed by atoms with E-state index in [1.54, 1.807) is 0 Å². The van der Waals surface area contributed by atoms with Gasteiger partial charge in [0.25, 0.3) is 0 Å². The summed E-state index contributed by atoms with van der Waals surface area (Å²) in [5, 5.41) is 3.90. The van der Waals surface area contributed by atoms with E-state index in [0.717, 1.165) is 5.75 Å². The van der Waals surface area contributed by atoms with Crippen molar-refractivity contribution >= 4 is 11.6 Å². The number of hydrogen-bond acceptors (Lipinski definition) is 2. The minimum atomic E-state index is 0.256. The number of nitrogens with one attached hydrogen (secondary N) is 1. The zero-order valence-electron chi connectivity index (χ0n) is 9.79. The number of ether oxygens (including phenoxy) is 1. The molecule has 16 heavy (non-hydrogen) atoms. The lowest BCUT2D eigenvalue weighted by atomic mass is 10.1. The molecule has 0 saturated heterocycles. The molecule has 0 saturated carbocycles. The summed E-state index contributed by atoms with van der Waals surface area (Å²) in [4.78, 5) is 0. The van der Waals surface area contributed by atoms with Crippen molar-refractivity contribution in [1.82, 2.24) is 5.32 Å². The minimum Gasteiger partial charge on any atom is -0.494 e. The van der Waals surface area contributed by atoms with Crippen LogP contribution in [0, 0.1) is 0 Å². The van der Waals surface area contributed by atoms with Gasteiger partial charge in [0, 0.05) is 17.6 Å². The molecule has 88 valence electrons. The number of rotatable bonds is 6. The van der Waals surface area contributed by atoms with Crippen LogP contribution in [0.2, 0.25) is 0 Å². The van der Waals surface area contributed by atoms with Crippen LogP contribution in [0.1, 0.15) is 25.5 Å². The van der Waals surface area contributed by atoms with Crippen LogP contribution in [-0.4, -0.2) is 13.2 Å². The molecule has 0 aliphatic carbocycles. The fraction of sp³-hybridized carbons (Fsp3) is 0.385. The maximum Gasteiger partial charge on any atom is 0.119 e. The van der Waals surface area contributed by atoms with Crippen molar-refractivity contribution in [2.45, 2.75) is 19.9 Å². The zero-order chi connectivity index (χ0) is 12.0. The van der Waals surface area contributed by atoms with Crippen LogP contribution in [0.3, 0.4) is 0 Å². The molecule has 1 aromatic rings. The predicted molar refractivity (Wildman–Crippen MR) is 69.0 cm³/mol. The van der Waals surface area contributed by atoms with Gasteiger partial charge in [-0.1, -0.05) is 30.3 Å². The summed E-state index contributed by atoms with van der Waals surface area (Å²) in [6, 6.07) is 8.32. The molecule has 1 rings (SSSR count). The highest BCUT2D eigenvalue weighted by atomic mass is 35.5. The Morgan fingerprint density at radius 3 is 2.56 bits per heavy atom. The molecule has 0 bridgehead atoms. The highest BCUT2D eigenvalue weighted by molar-refractivity contribution is 6.29. The molecule has 0 spiro atoms. The Hall–Kier alpha value is -0.990. The van der Waals surface area contributed by atoms with E-state index in [1.165, 1.54) is 5.56 Å². The lowest BCUT2D eigenvalue weighted by molar-refractivity contribution is 0.340. The van der Waals surface area contributed by atoms with E-state index < -0.39 is 0 Å². The summed E-state index contributed by atoms with van der Waals surface area (Å²) in [5.74, 6) is 0.903. The van der Waals surface area contributed by atoms with Crippen LogP contribution in [0.4, 0.5) is 0 Å². The Balaban J connectivity index is 2.55. The topological polar surface area (TPSA) is 21.3 Å². The Morgan fingerprint density at radius 1 is 1.44 bits per heavy atom. The van der Waals surface area contributed by atoms with Crippen molar-refractivity contribution in [1.29, 1.82) is 0 Å². The first-order valence-corrected chi connectivity index (χ1v) is 5.80. The highest BCUT2D eigenvalue weighted by Crippen LogP contribution is 2.17. The SMILES string of the molecule is C=C(Cl)CNC(C)c1ccc(OCC)cc1. The zero-order valence-corrected chi connectivity index (χ0v) is 10.6. The Labute approximate surface area is 102 Å². The van der Waals surface area contributed by atoms with Gasteiger partial charge < -0.3 is 10.1 Å². The summed E-state index contributed by atoms with van der Waals surface area (Å²) in [6.45, 7) is 9.03. The summed E-state index contributed by atoms with van der Waals surface area (Å²) in [5.41, 5.74) is 1.21. The molecule has 0 aliphatic heterocycles. The van der Waals surface area contributed by atoms with Crippen molar-refractivity contribution in [3.63, 3.8) is 0 Å². The van der Waals surface area contributed by atoms with Gasteiger partial charge >= 0.3 is 0 Å². The van der Waals surface area contributed by atoms with Crippen LogP contribution in [-0.2, 0) is 0 Å². The quantitative estimate of drug-likeness (QED) is 0.821. The van der Waals surface area contributed by atoms with Gasteiger partial charge in [-0.15, -0.1) is 0 Å². The standard InChI is InChI=1S/C13H18ClNO/c1-4-16-13-7-5-12(6-8-13)11(3)15-9-10(2)14/h5-8,11,15H,2,4,9H2,1,3H3. The molecule has 1 unspecified atom stereocenters. The molecule has 1 atom stereocenters. The largest absolute Gasteiger partial charge is 0.494 e. The monoisotopic (exact) mass is 239 g/mol. The van der Waals surface area contributed by atoms with Gasteiger partial charge in [-0.2, -0.15) is 0 Å². The average molecular weight is 240 g/mol. The van der Waals surface area contributed by atoms with E-state index in [2.05, 4.69) is 31.0 Å². The Bertz CT molecular complexity index is 334. The molecule has 2 nitrogen and oxygen atoms in total. The predicted octanol–water partition coefficient (Wildman–Crippen LogP) is 3.49. The molecule has 0 aliphatic rings. The molecule has 1 aromatic carbocycles. The van der Waals surface area contributed by atoms with E-state index in [4.69, 9.17) is 16.3 Å². The molecule has 0 heterocycles. The fourth-order valence-corrected chi connectivity index (χ4v) is 1.48. The van der Waals surface area contributed by atoms with E-state index in [1.807, 2.05) is 19.1 Å². The third-order valence-electron chi connectivity index (χ3n) is 2.29. The number of hydrogen-bond donors (Lipinski definition) is 1. The first kappa shape index (κ1) is 13.1.